The first-order valence-electron chi connectivity index (χ1n) is 7.47. The molecule has 5 heteroatoms. The number of hydrogen-bond acceptors (Lipinski definition) is 4. The zero-order valence-corrected chi connectivity index (χ0v) is 13.3. The molecule has 1 atom stereocenters. The van der Waals surface area contributed by atoms with Gasteiger partial charge < -0.3 is 15.0 Å². The van der Waals surface area contributed by atoms with Crippen LogP contribution in [0.1, 0.15) is 19.8 Å². The summed E-state index contributed by atoms with van der Waals surface area (Å²) in [6.45, 7) is 11.2. The molecule has 0 aromatic rings. The van der Waals surface area contributed by atoms with Gasteiger partial charge in [-0.2, -0.15) is 0 Å². The van der Waals surface area contributed by atoms with Crippen molar-refractivity contribution < 1.29 is 4.74 Å². The highest BCUT2D eigenvalue weighted by molar-refractivity contribution is 5.85. The molecule has 0 spiro atoms. The Morgan fingerprint density at radius 3 is 2.53 bits per heavy atom. The third-order valence-electron chi connectivity index (χ3n) is 4.38. The van der Waals surface area contributed by atoms with Crippen LogP contribution in [-0.2, 0) is 4.74 Å². The second kappa shape index (κ2) is 9.14. The number of ether oxygens (including phenoxy) is 1. The van der Waals surface area contributed by atoms with Crippen LogP contribution in [0.2, 0.25) is 0 Å². The number of halogens is 1. The molecule has 2 saturated heterocycles. The number of piperidine rings is 1. The van der Waals surface area contributed by atoms with Crippen LogP contribution in [0.3, 0.4) is 0 Å². The molecule has 0 aliphatic carbocycles. The molecule has 0 saturated carbocycles. The van der Waals surface area contributed by atoms with Crippen LogP contribution in [-0.4, -0.2) is 75.4 Å². The quantitative estimate of drug-likeness (QED) is 0.820. The van der Waals surface area contributed by atoms with E-state index in [-0.39, 0.29) is 12.4 Å². The lowest BCUT2D eigenvalue weighted by atomic mass is 9.97. The second-order valence-corrected chi connectivity index (χ2v) is 5.89. The minimum atomic E-state index is 0. The summed E-state index contributed by atoms with van der Waals surface area (Å²) in [4.78, 5) is 5.08. The fraction of sp³-hybridized carbons (Fsp3) is 1.00. The van der Waals surface area contributed by atoms with Crippen molar-refractivity contribution in [3.63, 3.8) is 0 Å². The molecule has 2 fully saturated rings. The van der Waals surface area contributed by atoms with Crippen LogP contribution < -0.4 is 5.32 Å². The molecule has 0 radical (unpaired) electrons. The van der Waals surface area contributed by atoms with Gasteiger partial charge in [0.2, 0.25) is 0 Å². The Morgan fingerprint density at radius 2 is 1.89 bits per heavy atom. The van der Waals surface area contributed by atoms with Gasteiger partial charge in [-0.25, -0.2) is 0 Å². The molecular weight excluding hydrogens is 262 g/mol. The van der Waals surface area contributed by atoms with Gasteiger partial charge in [0.1, 0.15) is 0 Å². The first-order chi connectivity index (χ1) is 8.75. The lowest BCUT2D eigenvalue weighted by Crippen LogP contribution is -2.46. The van der Waals surface area contributed by atoms with Gasteiger partial charge in [-0.3, -0.25) is 4.90 Å². The van der Waals surface area contributed by atoms with Crippen LogP contribution in [0.25, 0.3) is 0 Å². The van der Waals surface area contributed by atoms with Crippen LogP contribution in [0.15, 0.2) is 0 Å². The standard InChI is InChI=1S/C14H29N3O.ClH/c1-13(11-17-7-9-18-10-8-17)16(2)12-14-3-5-15-6-4-14;/h13-15H,3-12H2,1-2H3;1H. The van der Waals surface area contributed by atoms with Gasteiger partial charge in [-0.05, 0) is 45.8 Å². The molecule has 1 unspecified atom stereocenters. The van der Waals surface area contributed by atoms with E-state index in [0.717, 1.165) is 32.2 Å². The number of nitrogens with zero attached hydrogens (tertiary/aromatic N) is 2. The van der Waals surface area contributed by atoms with Crippen molar-refractivity contribution in [1.29, 1.82) is 0 Å². The Bertz CT molecular complexity index is 207. The number of rotatable bonds is 5. The first kappa shape index (κ1) is 17.2. The van der Waals surface area contributed by atoms with Gasteiger partial charge in [0.15, 0.2) is 0 Å². The zero-order valence-electron chi connectivity index (χ0n) is 12.4. The maximum Gasteiger partial charge on any atom is 0.0594 e. The molecule has 2 aliphatic rings. The van der Waals surface area contributed by atoms with Crippen LogP contribution in [0.4, 0.5) is 0 Å². The Hall–Kier alpha value is 0.130. The number of morpholine rings is 1. The van der Waals surface area contributed by atoms with E-state index >= 15 is 0 Å². The van der Waals surface area contributed by atoms with Crippen LogP contribution in [0, 0.1) is 5.92 Å². The average Bonchev–Trinajstić information content (AvgIpc) is 2.41. The van der Waals surface area contributed by atoms with E-state index in [1.54, 1.807) is 0 Å². The molecular formula is C14H30ClN3O. The van der Waals surface area contributed by atoms with Gasteiger partial charge >= 0.3 is 0 Å². The summed E-state index contributed by atoms with van der Waals surface area (Å²) in [5.41, 5.74) is 0. The average molecular weight is 292 g/mol. The first-order valence-corrected chi connectivity index (χ1v) is 7.47. The molecule has 2 heterocycles. The third kappa shape index (κ3) is 5.96. The summed E-state index contributed by atoms with van der Waals surface area (Å²) < 4.78 is 5.40. The van der Waals surface area contributed by atoms with E-state index in [4.69, 9.17) is 4.74 Å². The fourth-order valence-electron chi connectivity index (χ4n) is 2.95. The Balaban J connectivity index is 0.00000180. The summed E-state index contributed by atoms with van der Waals surface area (Å²) in [6.07, 6.45) is 2.68. The molecule has 2 rings (SSSR count). The van der Waals surface area contributed by atoms with Crippen molar-refractivity contribution in [2.45, 2.75) is 25.8 Å². The SMILES string of the molecule is CC(CN1CCOCC1)N(C)CC1CCNCC1.Cl. The minimum Gasteiger partial charge on any atom is -0.379 e. The number of nitrogens with one attached hydrogen (secondary N) is 1. The van der Waals surface area contributed by atoms with E-state index in [0.29, 0.717) is 6.04 Å². The largest absolute Gasteiger partial charge is 0.379 e. The Morgan fingerprint density at radius 1 is 1.26 bits per heavy atom. The summed E-state index contributed by atoms with van der Waals surface area (Å²) in [6, 6.07) is 0.651. The molecule has 0 aromatic carbocycles. The normalized spacial score (nSPS) is 24.2. The Labute approximate surface area is 124 Å². The molecule has 0 bridgehead atoms. The van der Waals surface area contributed by atoms with Crippen molar-refractivity contribution in [1.82, 2.24) is 15.1 Å². The van der Waals surface area contributed by atoms with E-state index in [1.807, 2.05) is 0 Å². The zero-order chi connectivity index (χ0) is 12.8. The molecule has 0 aromatic heterocycles. The van der Waals surface area contributed by atoms with Crippen LogP contribution in [0.5, 0.6) is 0 Å². The number of hydrogen-bond donors (Lipinski definition) is 1. The summed E-state index contributed by atoms with van der Waals surface area (Å²) in [5, 5.41) is 3.44. The summed E-state index contributed by atoms with van der Waals surface area (Å²) >= 11 is 0. The molecule has 19 heavy (non-hydrogen) atoms. The van der Waals surface area contributed by atoms with Crippen LogP contribution >= 0.6 is 12.4 Å². The summed E-state index contributed by atoms with van der Waals surface area (Å²) in [7, 11) is 2.28. The van der Waals surface area contributed by atoms with E-state index in [1.165, 1.54) is 39.0 Å². The van der Waals surface area contributed by atoms with Gasteiger partial charge in [0.05, 0.1) is 13.2 Å². The second-order valence-electron chi connectivity index (χ2n) is 5.89. The van der Waals surface area contributed by atoms with Gasteiger partial charge in [0.25, 0.3) is 0 Å². The van der Waals surface area contributed by atoms with Crippen molar-refractivity contribution in [2.24, 2.45) is 5.92 Å². The molecule has 2 aliphatic heterocycles. The monoisotopic (exact) mass is 291 g/mol. The minimum absolute atomic E-state index is 0. The van der Waals surface area contributed by atoms with Gasteiger partial charge in [0, 0.05) is 32.2 Å². The van der Waals surface area contributed by atoms with Crippen molar-refractivity contribution in [3.8, 4) is 0 Å². The number of likely N-dealkylation sites (N-methyl/N-ethyl adjacent to an activating group) is 1. The maximum atomic E-state index is 5.40. The lowest BCUT2D eigenvalue weighted by Gasteiger charge is -2.35. The maximum absolute atomic E-state index is 5.40. The van der Waals surface area contributed by atoms with Gasteiger partial charge in [-0.1, -0.05) is 0 Å². The predicted octanol–water partition coefficient (Wildman–Crippen LogP) is 1.06. The van der Waals surface area contributed by atoms with E-state index in [2.05, 4.69) is 29.1 Å². The molecule has 114 valence electrons. The third-order valence-corrected chi connectivity index (χ3v) is 4.38. The predicted molar refractivity (Wildman–Crippen MR) is 82.2 cm³/mol. The van der Waals surface area contributed by atoms with E-state index in [9.17, 15) is 0 Å². The lowest BCUT2D eigenvalue weighted by molar-refractivity contribution is 0.0252. The highest BCUT2D eigenvalue weighted by atomic mass is 35.5. The summed E-state index contributed by atoms with van der Waals surface area (Å²) in [5.74, 6) is 0.892. The smallest absolute Gasteiger partial charge is 0.0594 e. The molecule has 1 N–H and O–H groups in total. The molecule has 0 amide bonds. The highest BCUT2D eigenvalue weighted by Crippen LogP contribution is 2.14. The topological polar surface area (TPSA) is 27.7 Å². The van der Waals surface area contributed by atoms with Crippen molar-refractivity contribution in [2.75, 3.05) is 59.5 Å². The van der Waals surface area contributed by atoms with Gasteiger partial charge in [-0.15, -0.1) is 12.4 Å². The van der Waals surface area contributed by atoms with Crippen molar-refractivity contribution >= 4 is 12.4 Å². The van der Waals surface area contributed by atoms with E-state index < -0.39 is 0 Å². The Kier molecular flexibility index (Phi) is 8.26. The van der Waals surface area contributed by atoms with Crippen molar-refractivity contribution in [3.05, 3.63) is 0 Å². The highest BCUT2D eigenvalue weighted by Gasteiger charge is 2.20. The fourth-order valence-corrected chi connectivity index (χ4v) is 2.95. The molecule has 4 nitrogen and oxygen atoms in total.